The van der Waals surface area contributed by atoms with E-state index in [0.29, 0.717) is 42.4 Å². The molecule has 12 heteroatoms. The monoisotopic (exact) mass is 542 g/mol. The summed E-state index contributed by atoms with van der Waals surface area (Å²) in [6.07, 6.45) is 2.15. The number of piperazine rings is 1. The number of carbonyl (C=O) groups is 1. The number of anilines is 1. The van der Waals surface area contributed by atoms with Crippen LogP contribution < -0.4 is 19.7 Å². The molecule has 1 N–H and O–H groups in total. The van der Waals surface area contributed by atoms with Crippen LogP contribution >= 0.6 is 0 Å². The fourth-order valence-corrected chi connectivity index (χ4v) is 5.47. The molecule has 3 fully saturated rings. The van der Waals surface area contributed by atoms with Gasteiger partial charge < -0.3 is 24.4 Å². The maximum absolute atomic E-state index is 13.7. The molecule has 0 aliphatic carbocycles. The van der Waals surface area contributed by atoms with Crippen molar-refractivity contribution in [3.63, 3.8) is 0 Å². The number of halogens is 2. The van der Waals surface area contributed by atoms with Crippen molar-refractivity contribution in [1.82, 2.24) is 24.8 Å². The Morgan fingerprint density at radius 3 is 2.67 bits per heavy atom. The number of imidazole rings is 1. The normalized spacial score (nSPS) is 20.5. The number of hydrogen-bond acceptors (Lipinski definition) is 8. The van der Waals surface area contributed by atoms with E-state index >= 15 is 0 Å². The van der Waals surface area contributed by atoms with Crippen molar-refractivity contribution in [1.29, 1.82) is 0 Å². The van der Waals surface area contributed by atoms with E-state index in [0.717, 1.165) is 61.5 Å². The standard InChI is InChI=1S/C27H32F2N6O4/c1-37-23-11-18(2-3-22(23)34-7-5-33(6-8-34)19-14-38-15-19)20-12-21-25(35(16-31-21)27(28)29)26(32-20)39-9-4-17-10-24(36)30-13-17/h2-3,11-12,16-17,19,27H,4-10,13-15H2,1H3,(H,30,36)/t17-/m1/s1. The lowest BCUT2D eigenvalue weighted by Gasteiger charge is -2.43. The van der Waals surface area contributed by atoms with E-state index < -0.39 is 6.55 Å². The summed E-state index contributed by atoms with van der Waals surface area (Å²) < 4.78 is 45.3. The van der Waals surface area contributed by atoms with Crippen LogP contribution in [0, 0.1) is 5.92 Å². The van der Waals surface area contributed by atoms with Gasteiger partial charge in [0.15, 0.2) is 0 Å². The highest BCUT2D eigenvalue weighted by atomic mass is 19.3. The van der Waals surface area contributed by atoms with Crippen LogP contribution in [-0.2, 0) is 9.53 Å². The zero-order valence-electron chi connectivity index (χ0n) is 21.8. The second-order valence-corrected chi connectivity index (χ2v) is 10.2. The Kier molecular flexibility index (Phi) is 7.22. The topological polar surface area (TPSA) is 94.0 Å². The maximum Gasteiger partial charge on any atom is 0.320 e. The molecule has 3 aliphatic heterocycles. The fourth-order valence-electron chi connectivity index (χ4n) is 5.47. The molecule has 0 spiro atoms. The van der Waals surface area contributed by atoms with E-state index in [9.17, 15) is 13.6 Å². The minimum absolute atomic E-state index is 0.0190. The smallest absolute Gasteiger partial charge is 0.320 e. The lowest BCUT2D eigenvalue weighted by molar-refractivity contribution is -0.119. The van der Waals surface area contributed by atoms with Gasteiger partial charge in [-0.2, -0.15) is 8.78 Å². The van der Waals surface area contributed by atoms with Crippen LogP contribution in [0.25, 0.3) is 22.3 Å². The summed E-state index contributed by atoms with van der Waals surface area (Å²) in [5, 5.41) is 2.80. The van der Waals surface area contributed by atoms with Gasteiger partial charge in [0.05, 0.1) is 49.9 Å². The number of benzene rings is 1. The number of methoxy groups -OCH3 is 1. The van der Waals surface area contributed by atoms with Gasteiger partial charge in [-0.25, -0.2) is 9.97 Å². The van der Waals surface area contributed by atoms with Gasteiger partial charge in [-0.15, -0.1) is 0 Å². The average Bonchev–Trinajstić information content (AvgIpc) is 3.54. The zero-order valence-corrected chi connectivity index (χ0v) is 21.8. The minimum atomic E-state index is -2.78. The second kappa shape index (κ2) is 10.9. The molecule has 1 atom stereocenters. The number of amides is 1. The second-order valence-electron chi connectivity index (χ2n) is 10.2. The van der Waals surface area contributed by atoms with Crippen molar-refractivity contribution in [2.24, 2.45) is 5.92 Å². The first-order valence-corrected chi connectivity index (χ1v) is 13.3. The number of carbonyl (C=O) groups excluding carboxylic acids is 1. The molecule has 3 aliphatic rings. The van der Waals surface area contributed by atoms with Gasteiger partial charge in [-0.05, 0) is 30.5 Å². The number of rotatable bonds is 9. The summed E-state index contributed by atoms with van der Waals surface area (Å²) in [5.74, 6) is 0.980. The SMILES string of the molecule is COc1cc(-c2cc3ncn(C(F)F)c3c(OCC[C@H]3CNC(=O)C3)n2)ccc1N1CCN(C2COC2)CC1. The third kappa shape index (κ3) is 5.22. The van der Waals surface area contributed by atoms with Gasteiger partial charge in [0.1, 0.15) is 17.6 Å². The Morgan fingerprint density at radius 2 is 2.00 bits per heavy atom. The predicted molar refractivity (Wildman–Crippen MR) is 140 cm³/mol. The summed E-state index contributed by atoms with van der Waals surface area (Å²) in [6, 6.07) is 8.11. The molecule has 208 valence electrons. The van der Waals surface area contributed by atoms with Crippen molar-refractivity contribution in [3.05, 3.63) is 30.6 Å². The van der Waals surface area contributed by atoms with Gasteiger partial charge in [0, 0.05) is 44.7 Å². The third-order valence-electron chi connectivity index (χ3n) is 7.82. The number of alkyl halides is 2. The van der Waals surface area contributed by atoms with Crippen molar-refractivity contribution in [2.75, 3.05) is 64.6 Å². The molecular formula is C27H32F2N6O4. The highest BCUT2D eigenvalue weighted by Gasteiger charge is 2.30. The molecule has 0 saturated carbocycles. The Morgan fingerprint density at radius 1 is 1.18 bits per heavy atom. The Labute approximate surface area is 224 Å². The Hall–Kier alpha value is -3.51. The summed E-state index contributed by atoms with van der Waals surface area (Å²) in [5.41, 5.74) is 2.84. The fraction of sp³-hybridized carbons (Fsp3) is 0.519. The Balaban J connectivity index is 1.25. The van der Waals surface area contributed by atoms with Crippen molar-refractivity contribution >= 4 is 22.6 Å². The largest absolute Gasteiger partial charge is 0.495 e. The molecule has 6 rings (SSSR count). The highest BCUT2D eigenvalue weighted by molar-refractivity contribution is 5.85. The molecule has 2 aromatic heterocycles. The molecular weight excluding hydrogens is 510 g/mol. The number of pyridine rings is 1. The van der Waals surface area contributed by atoms with E-state index in [1.54, 1.807) is 13.2 Å². The molecule has 0 radical (unpaired) electrons. The number of ether oxygens (including phenoxy) is 3. The number of hydrogen-bond donors (Lipinski definition) is 1. The first kappa shape index (κ1) is 25.8. The summed E-state index contributed by atoms with van der Waals surface area (Å²) >= 11 is 0. The average molecular weight is 543 g/mol. The lowest BCUT2D eigenvalue weighted by atomic mass is 10.1. The van der Waals surface area contributed by atoms with E-state index in [-0.39, 0.29) is 29.8 Å². The van der Waals surface area contributed by atoms with Gasteiger partial charge >= 0.3 is 6.55 Å². The molecule has 1 aromatic carbocycles. The number of nitrogens with one attached hydrogen (secondary N) is 1. The van der Waals surface area contributed by atoms with Crippen LogP contribution in [0.5, 0.6) is 11.6 Å². The molecule has 3 saturated heterocycles. The molecule has 39 heavy (non-hydrogen) atoms. The molecule has 5 heterocycles. The van der Waals surface area contributed by atoms with Crippen LogP contribution in [0.2, 0.25) is 0 Å². The van der Waals surface area contributed by atoms with Crippen LogP contribution in [0.4, 0.5) is 14.5 Å². The Bertz CT molecular complexity index is 1340. The highest BCUT2D eigenvalue weighted by Crippen LogP contribution is 2.36. The zero-order chi connectivity index (χ0) is 26.9. The quantitative estimate of drug-likeness (QED) is 0.441. The molecule has 0 bridgehead atoms. The number of nitrogens with zero attached hydrogens (tertiary/aromatic N) is 5. The van der Waals surface area contributed by atoms with Crippen LogP contribution in [0.15, 0.2) is 30.6 Å². The predicted octanol–water partition coefficient (Wildman–Crippen LogP) is 2.93. The van der Waals surface area contributed by atoms with Gasteiger partial charge in [-0.1, -0.05) is 6.07 Å². The number of aromatic nitrogens is 3. The van der Waals surface area contributed by atoms with Crippen LogP contribution in [-0.4, -0.2) is 91.0 Å². The molecule has 10 nitrogen and oxygen atoms in total. The van der Waals surface area contributed by atoms with Crippen LogP contribution in [0.3, 0.4) is 0 Å². The van der Waals surface area contributed by atoms with E-state index in [2.05, 4.69) is 25.1 Å². The first-order chi connectivity index (χ1) is 19.0. The van der Waals surface area contributed by atoms with Crippen molar-refractivity contribution in [3.8, 4) is 22.9 Å². The third-order valence-corrected chi connectivity index (χ3v) is 7.82. The minimum Gasteiger partial charge on any atom is -0.495 e. The van der Waals surface area contributed by atoms with Crippen molar-refractivity contribution in [2.45, 2.75) is 25.4 Å². The first-order valence-electron chi connectivity index (χ1n) is 13.3. The van der Waals surface area contributed by atoms with Gasteiger partial charge in [0.25, 0.3) is 0 Å². The molecule has 0 unspecified atom stereocenters. The molecule has 1 amide bonds. The van der Waals surface area contributed by atoms with Gasteiger partial charge in [-0.3, -0.25) is 14.3 Å². The van der Waals surface area contributed by atoms with Crippen LogP contribution in [0.1, 0.15) is 19.4 Å². The van der Waals surface area contributed by atoms with E-state index in [1.165, 1.54) is 0 Å². The molecule has 3 aromatic rings. The van der Waals surface area contributed by atoms with Gasteiger partial charge in [0.2, 0.25) is 11.8 Å². The lowest BCUT2D eigenvalue weighted by Crippen LogP contribution is -2.56. The summed E-state index contributed by atoms with van der Waals surface area (Å²) in [7, 11) is 1.64. The summed E-state index contributed by atoms with van der Waals surface area (Å²) in [4.78, 5) is 25.1. The van der Waals surface area contributed by atoms with E-state index in [1.807, 2.05) is 18.2 Å². The van der Waals surface area contributed by atoms with E-state index in [4.69, 9.17) is 14.2 Å². The summed E-state index contributed by atoms with van der Waals surface area (Å²) in [6.45, 7) is 3.41. The van der Waals surface area contributed by atoms with Crippen molar-refractivity contribution < 1.29 is 27.8 Å². The maximum atomic E-state index is 13.7. The number of fused-ring (bicyclic) bond motifs is 1.